The van der Waals surface area contributed by atoms with Crippen molar-refractivity contribution in [2.24, 2.45) is 0 Å². The Hall–Kier alpha value is -1.35. The van der Waals surface area contributed by atoms with Crippen molar-refractivity contribution in [1.29, 1.82) is 0 Å². The van der Waals surface area contributed by atoms with Crippen LogP contribution in [0, 0.1) is 0 Å². The monoisotopic (exact) mass is 305 g/mol. The Morgan fingerprint density at radius 2 is 1.37 bits per heavy atom. The number of nitrogens with one attached hydrogen (secondary N) is 1. The average Bonchev–Trinajstić information content (AvgIpc) is 3.14. The van der Waals surface area contributed by atoms with Gasteiger partial charge >= 0.3 is 0 Å². The first-order chi connectivity index (χ1) is 9.29. The van der Waals surface area contributed by atoms with E-state index in [1.54, 1.807) is 0 Å². The van der Waals surface area contributed by atoms with Crippen LogP contribution in [0.5, 0.6) is 0 Å². The van der Waals surface area contributed by atoms with E-state index in [0.717, 1.165) is 14.9 Å². The molecule has 0 aliphatic rings. The molecule has 0 fully saturated rings. The molecule has 2 heterocycles. The van der Waals surface area contributed by atoms with Crippen LogP contribution in [0.4, 0.5) is 5.69 Å². The number of para-hydroxylation sites is 1. The van der Waals surface area contributed by atoms with Crippen LogP contribution in [0.25, 0.3) is 0 Å². The van der Waals surface area contributed by atoms with Crippen molar-refractivity contribution in [3.05, 3.63) is 65.4 Å². The van der Waals surface area contributed by atoms with Gasteiger partial charge in [-0.25, -0.2) is 0 Å². The van der Waals surface area contributed by atoms with Gasteiger partial charge in [0.2, 0.25) is 7.29 Å². The predicted octanol–water partition coefficient (Wildman–Crippen LogP) is 4.15. The Balaban J connectivity index is 2.06. The van der Waals surface area contributed by atoms with E-state index < -0.39 is 7.29 Å². The second-order valence-corrected chi connectivity index (χ2v) is 8.90. The maximum Gasteiger partial charge on any atom is 0.246 e. The molecule has 2 aromatic heterocycles. The third kappa shape index (κ3) is 2.52. The summed E-state index contributed by atoms with van der Waals surface area (Å²) in [6, 6.07) is 17.4. The Bertz CT molecular complexity index is 639. The Labute approximate surface area is 120 Å². The molecule has 0 atom stereocenters. The number of rotatable bonds is 4. The zero-order valence-corrected chi connectivity index (χ0v) is 12.6. The highest BCUT2D eigenvalue weighted by Crippen LogP contribution is 2.45. The molecule has 3 rings (SSSR count). The molecule has 96 valence electrons. The number of thiophene rings is 2. The summed E-state index contributed by atoms with van der Waals surface area (Å²) in [4.78, 5) is 0. The van der Waals surface area contributed by atoms with Gasteiger partial charge in [0.15, 0.2) is 0 Å². The van der Waals surface area contributed by atoms with Crippen LogP contribution in [-0.2, 0) is 4.57 Å². The quantitative estimate of drug-likeness (QED) is 0.734. The second-order valence-electron chi connectivity index (χ2n) is 3.99. The van der Waals surface area contributed by atoms with Crippen molar-refractivity contribution in [3.8, 4) is 0 Å². The molecule has 0 spiro atoms. The van der Waals surface area contributed by atoms with Gasteiger partial charge in [-0.05, 0) is 35.0 Å². The number of hydrogen-bond acceptors (Lipinski definition) is 3. The van der Waals surface area contributed by atoms with E-state index in [2.05, 4.69) is 5.09 Å². The van der Waals surface area contributed by atoms with E-state index in [1.165, 1.54) is 22.7 Å². The van der Waals surface area contributed by atoms with Gasteiger partial charge < -0.3 is 5.09 Å². The van der Waals surface area contributed by atoms with Crippen molar-refractivity contribution >= 4 is 44.9 Å². The topological polar surface area (TPSA) is 29.1 Å². The lowest BCUT2D eigenvalue weighted by atomic mass is 10.3. The van der Waals surface area contributed by atoms with Crippen LogP contribution in [0.15, 0.2) is 65.4 Å². The van der Waals surface area contributed by atoms with E-state index in [1.807, 2.05) is 65.4 Å². The molecule has 0 bridgehead atoms. The standard InChI is InChI=1S/C14H12NOPS2/c16-17(13-8-4-10-18-13,14-9-5-11-19-14)15-12-6-2-1-3-7-12/h1-11H,(H,15,16). The fourth-order valence-electron chi connectivity index (χ4n) is 1.81. The largest absolute Gasteiger partial charge is 0.328 e. The van der Waals surface area contributed by atoms with Gasteiger partial charge in [0, 0.05) is 5.69 Å². The van der Waals surface area contributed by atoms with Crippen LogP contribution >= 0.6 is 30.0 Å². The molecular formula is C14H12NOPS2. The summed E-state index contributed by atoms with van der Waals surface area (Å²) in [5.74, 6) is 0. The fourth-order valence-corrected chi connectivity index (χ4v) is 6.85. The van der Waals surface area contributed by atoms with Gasteiger partial charge in [-0.3, -0.25) is 4.57 Å². The average molecular weight is 305 g/mol. The lowest BCUT2D eigenvalue weighted by Crippen LogP contribution is -2.17. The molecule has 1 aromatic carbocycles. The van der Waals surface area contributed by atoms with Gasteiger partial charge in [0.25, 0.3) is 0 Å². The Kier molecular flexibility index (Phi) is 3.56. The molecule has 5 heteroatoms. The van der Waals surface area contributed by atoms with Crippen molar-refractivity contribution in [2.45, 2.75) is 0 Å². The van der Waals surface area contributed by atoms with E-state index in [9.17, 15) is 4.57 Å². The minimum Gasteiger partial charge on any atom is -0.328 e. The minimum absolute atomic E-state index is 0.882. The van der Waals surface area contributed by atoms with Gasteiger partial charge in [-0.15, -0.1) is 22.7 Å². The Morgan fingerprint density at radius 1 is 0.789 bits per heavy atom. The molecule has 0 unspecified atom stereocenters. The number of benzene rings is 1. The van der Waals surface area contributed by atoms with E-state index in [0.29, 0.717) is 0 Å². The lowest BCUT2D eigenvalue weighted by Gasteiger charge is -2.18. The predicted molar refractivity (Wildman–Crippen MR) is 85.6 cm³/mol. The van der Waals surface area contributed by atoms with E-state index >= 15 is 0 Å². The normalized spacial score (nSPS) is 11.4. The summed E-state index contributed by atoms with van der Waals surface area (Å²) in [6.45, 7) is 0. The van der Waals surface area contributed by atoms with Crippen LogP contribution in [-0.4, -0.2) is 0 Å². The summed E-state index contributed by atoms with van der Waals surface area (Å²) in [7, 11) is -2.76. The fraction of sp³-hybridized carbons (Fsp3) is 0. The van der Waals surface area contributed by atoms with Gasteiger partial charge in [0.1, 0.15) is 0 Å². The highest BCUT2D eigenvalue weighted by Gasteiger charge is 2.29. The molecule has 0 aliphatic heterocycles. The van der Waals surface area contributed by atoms with Crippen molar-refractivity contribution < 1.29 is 4.57 Å². The first-order valence-electron chi connectivity index (χ1n) is 5.80. The van der Waals surface area contributed by atoms with E-state index in [-0.39, 0.29) is 0 Å². The maximum absolute atomic E-state index is 13.4. The van der Waals surface area contributed by atoms with Crippen molar-refractivity contribution in [3.63, 3.8) is 0 Å². The van der Waals surface area contributed by atoms with Crippen LogP contribution in [0.1, 0.15) is 0 Å². The summed E-state index contributed by atoms with van der Waals surface area (Å²) in [5.41, 5.74) is 0.882. The first kappa shape index (κ1) is 12.7. The smallest absolute Gasteiger partial charge is 0.246 e. The lowest BCUT2D eigenvalue weighted by molar-refractivity contribution is 0.591. The third-order valence-electron chi connectivity index (χ3n) is 2.69. The SMILES string of the molecule is O=P(Nc1ccccc1)(c1cccs1)c1cccs1. The van der Waals surface area contributed by atoms with Crippen molar-refractivity contribution in [1.82, 2.24) is 0 Å². The van der Waals surface area contributed by atoms with E-state index in [4.69, 9.17) is 0 Å². The molecule has 2 nitrogen and oxygen atoms in total. The van der Waals surface area contributed by atoms with Crippen LogP contribution in [0.2, 0.25) is 0 Å². The number of hydrogen-bond donors (Lipinski definition) is 1. The minimum atomic E-state index is -2.76. The highest BCUT2D eigenvalue weighted by atomic mass is 32.1. The highest BCUT2D eigenvalue weighted by molar-refractivity contribution is 7.87. The van der Waals surface area contributed by atoms with Crippen LogP contribution in [0.3, 0.4) is 0 Å². The first-order valence-corrected chi connectivity index (χ1v) is 9.27. The molecule has 0 amide bonds. The second kappa shape index (κ2) is 5.33. The van der Waals surface area contributed by atoms with Crippen molar-refractivity contribution in [2.75, 3.05) is 5.09 Å². The van der Waals surface area contributed by atoms with Gasteiger partial charge in [-0.1, -0.05) is 30.3 Å². The zero-order valence-electron chi connectivity index (χ0n) is 10.0. The molecule has 0 aliphatic carbocycles. The third-order valence-corrected chi connectivity index (χ3v) is 8.32. The molecule has 0 saturated carbocycles. The molecule has 19 heavy (non-hydrogen) atoms. The number of anilines is 1. The molecule has 3 aromatic rings. The Morgan fingerprint density at radius 3 is 1.84 bits per heavy atom. The van der Waals surface area contributed by atoms with Crippen LogP contribution < -0.4 is 14.3 Å². The van der Waals surface area contributed by atoms with Gasteiger partial charge in [-0.2, -0.15) is 0 Å². The maximum atomic E-state index is 13.4. The molecular weight excluding hydrogens is 293 g/mol. The summed E-state index contributed by atoms with van der Waals surface area (Å²) < 4.78 is 15.2. The molecule has 0 saturated heterocycles. The summed E-state index contributed by atoms with van der Waals surface area (Å²) >= 11 is 3.06. The molecule has 0 radical (unpaired) electrons. The van der Waals surface area contributed by atoms with Gasteiger partial charge in [0.05, 0.1) is 9.24 Å². The zero-order chi connectivity index (χ0) is 13.1. The summed E-state index contributed by atoms with van der Waals surface area (Å²) in [6.07, 6.45) is 0. The summed E-state index contributed by atoms with van der Waals surface area (Å²) in [5, 5.41) is 7.16. The molecule has 1 N–H and O–H groups in total.